The number of hydrogen-bond donors (Lipinski definition) is 0. The van der Waals surface area contributed by atoms with Crippen molar-refractivity contribution in [2.45, 2.75) is 238 Å². The van der Waals surface area contributed by atoms with Crippen molar-refractivity contribution in [1.82, 2.24) is 88.6 Å². The van der Waals surface area contributed by atoms with Gasteiger partial charge in [0.2, 0.25) is 0 Å². The van der Waals surface area contributed by atoms with Crippen LogP contribution in [-0.4, -0.2) is 58.0 Å². The summed E-state index contributed by atoms with van der Waals surface area (Å²) in [6.07, 6.45) is 20.4. The van der Waals surface area contributed by atoms with Gasteiger partial charge >= 0.3 is 102 Å². The fraction of sp³-hybridized carbons (Fsp3) is 0.286. The maximum Gasteiger partial charge on any atom is 1.00 e. The number of rotatable bonds is 30. The fourth-order valence-corrected chi connectivity index (χ4v) is 22.3. The number of fused-ring (bicyclic) bond motifs is 18. The van der Waals surface area contributed by atoms with Crippen molar-refractivity contribution in [3.8, 4) is 0 Å². The van der Waals surface area contributed by atoms with E-state index in [0.29, 0.717) is 0 Å². The maximum atomic E-state index is 4.17. The van der Waals surface area contributed by atoms with Crippen LogP contribution in [0.5, 0.6) is 0 Å². The first-order chi connectivity index (χ1) is 70.5. The smallest absolute Gasteiger partial charge is 0.579 e. The summed E-state index contributed by atoms with van der Waals surface area (Å²) >= 11 is 0. The molecule has 0 amide bonds. The first-order valence-corrected chi connectivity index (χ1v) is 52.0. The zero-order valence-corrected chi connectivity index (χ0v) is 93.2. The molecule has 0 saturated carbocycles. The Labute approximate surface area is 944 Å². The van der Waals surface area contributed by atoms with Crippen LogP contribution >= 0.6 is 0 Å². The molecule has 12 heterocycles. The Kier molecular flexibility index (Phi) is 41.5. The number of para-hydroxylation sites is 12. The summed E-state index contributed by atoms with van der Waals surface area (Å²) in [6.45, 7) is 31.0. The Morgan fingerprint density at radius 2 is 0.247 bits per heavy atom. The zero-order valence-electron chi connectivity index (χ0n) is 87.5. The van der Waals surface area contributed by atoms with Crippen LogP contribution in [0.1, 0.15) is 179 Å². The predicted molar refractivity (Wildman–Crippen MR) is 596 cm³/mol. The van der Waals surface area contributed by atoms with Crippen molar-refractivity contribution in [2.24, 2.45) is 0 Å². The average molecular weight is 2280 g/mol. The summed E-state index contributed by atoms with van der Waals surface area (Å²) in [5, 5.41) is 66.3. The predicted octanol–water partition coefficient (Wildman–Crippen LogP) is 28.7. The summed E-state index contributed by atoms with van der Waals surface area (Å²) in [4.78, 5) is 0. The molecule has 150 heavy (non-hydrogen) atoms. The number of hydrogen-bond acceptors (Lipinski definition) is 6. The minimum absolute atomic E-state index is 0. The van der Waals surface area contributed by atoms with E-state index >= 15 is 0 Å². The Balaban J connectivity index is 0.000000149. The molecule has 0 saturated heterocycles. The molecule has 24 rings (SSSR count). The molecule has 0 aliphatic heterocycles. The minimum Gasteiger partial charge on any atom is -0.579 e. The van der Waals surface area contributed by atoms with E-state index in [1.807, 2.05) is 0 Å². The van der Waals surface area contributed by atoms with Crippen molar-refractivity contribution in [1.29, 1.82) is 0 Å². The second-order valence-corrected chi connectivity index (χ2v) is 39.0. The van der Waals surface area contributed by atoms with Gasteiger partial charge in [0.1, 0.15) is 0 Å². The molecule has 0 aliphatic rings. The summed E-state index contributed by atoms with van der Waals surface area (Å²) in [6, 6.07) is 105. The molecule has 0 unspecified atom stereocenters. The maximum absolute atomic E-state index is 4.17. The molecule has 0 atom stereocenters. The molecule has 0 radical (unpaired) electrons. The molecule has 12 aromatic carbocycles. The average Bonchev–Trinajstić information content (AvgIpc) is 1.64. The molecule has 12 aromatic heterocycles. The Morgan fingerprint density at radius 1 is 0.147 bits per heavy atom. The first-order valence-electron chi connectivity index (χ1n) is 52.0. The molecule has 0 aliphatic carbocycles. The van der Waals surface area contributed by atoms with E-state index in [0.717, 1.165) is 223 Å². The van der Waals surface area contributed by atoms with Crippen molar-refractivity contribution in [2.75, 3.05) is 0 Å². The van der Waals surface area contributed by atoms with E-state index < -0.39 is 0 Å². The van der Waals surface area contributed by atoms with Crippen LogP contribution in [0.4, 0.5) is 0 Å². The van der Waals surface area contributed by atoms with Gasteiger partial charge in [-0.2, -0.15) is 0 Å². The van der Waals surface area contributed by atoms with Crippen LogP contribution in [0.15, 0.2) is 291 Å². The van der Waals surface area contributed by atoms with E-state index in [9.17, 15) is 0 Å². The summed E-state index contributed by atoms with van der Waals surface area (Å²) in [7, 11) is 0. The van der Waals surface area contributed by atoms with Gasteiger partial charge in [-0.1, -0.05) is 260 Å². The van der Waals surface area contributed by atoms with Gasteiger partial charge in [-0.25, -0.2) is 0 Å². The third-order valence-corrected chi connectivity index (χ3v) is 29.8. The number of aromatic nitrogens is 18. The van der Waals surface area contributed by atoms with E-state index in [4.69, 9.17) is 0 Å². The molecule has 792 valence electrons. The minimum atomic E-state index is 0. The van der Waals surface area contributed by atoms with Crippen LogP contribution in [0.2, 0.25) is 0 Å². The van der Waals surface area contributed by atoms with Crippen LogP contribution in [-0.2, 0) is 180 Å². The van der Waals surface area contributed by atoms with Crippen LogP contribution < -0.4 is 30.6 Å². The molecule has 0 bridgehead atoms. The SMILES string of the molecule is Cc1n[n-]c(C)c1CCCCn1c2ccccc2c2ccccc21.Cc1n[n-]c(C)c1CCCCn1c2ccccc2c2ccccc21.Cc1n[n-]c(C)c1CCCCn1c2ccccc2c2ccccc21.Cc1n[n-]c(C)c1CCCCn1c2ccccc2c2ccccc21.Cc1n[n-]c(C)c1CCCCn1c2ccccc2c2ccccc21.Cc1n[n-]c(C)c1CCCCn1c2ccccc2c2ccccc21.[Cu+].[Cu+].[Cu+].[Cu+].[Cu+].[Cu+]. The molecule has 0 N–H and O–H groups in total. The summed E-state index contributed by atoms with van der Waals surface area (Å²) < 4.78 is 14.8. The topological polar surface area (TPSA) is 192 Å². The van der Waals surface area contributed by atoms with Gasteiger partial charge in [-0.3, -0.25) is 0 Å². The largest absolute Gasteiger partial charge is 1.00 e. The molecular weight excluding hydrogens is 2150 g/mol. The van der Waals surface area contributed by atoms with E-state index in [1.54, 1.807) is 0 Å². The van der Waals surface area contributed by atoms with Gasteiger partial charge in [-0.05, 0) is 263 Å². The molecule has 0 spiro atoms. The van der Waals surface area contributed by atoms with Gasteiger partial charge in [0, 0.05) is 204 Å². The van der Waals surface area contributed by atoms with Gasteiger partial charge in [0.05, 0.1) is 0 Å². The zero-order chi connectivity index (χ0) is 99.1. The van der Waals surface area contributed by atoms with Crippen LogP contribution in [0, 0.1) is 83.1 Å². The first kappa shape index (κ1) is 115. The molecule has 18 nitrogen and oxygen atoms in total. The fourth-order valence-electron chi connectivity index (χ4n) is 22.3. The third-order valence-electron chi connectivity index (χ3n) is 29.8. The number of aryl methyl sites for hydroxylation is 18. The van der Waals surface area contributed by atoms with E-state index in [2.05, 4.69) is 463 Å². The Hall–Kier alpha value is -12.2. The second-order valence-electron chi connectivity index (χ2n) is 39.0. The van der Waals surface area contributed by atoms with E-state index in [1.165, 1.54) is 164 Å². The summed E-state index contributed by atoms with van der Waals surface area (Å²) in [5.74, 6) is 0. The number of unbranched alkanes of at least 4 members (excludes halogenated alkanes) is 6. The van der Waals surface area contributed by atoms with Crippen molar-refractivity contribution in [3.05, 3.63) is 393 Å². The van der Waals surface area contributed by atoms with Crippen LogP contribution in [0.25, 0.3) is 131 Å². The van der Waals surface area contributed by atoms with Crippen LogP contribution in [0.3, 0.4) is 0 Å². The third kappa shape index (κ3) is 25.4. The van der Waals surface area contributed by atoms with Gasteiger partial charge in [0.25, 0.3) is 0 Å². The summed E-state index contributed by atoms with van der Waals surface area (Å²) in [5.41, 5.74) is 37.1. The monoisotopic (exact) mass is 2270 g/mol. The number of nitrogens with zero attached hydrogens (tertiary/aromatic N) is 18. The molecule has 24 aromatic rings. The standard InChI is InChI=1S/6C21H22N3.6Cu/c6*1-15-17(16(2)23-22-15)9-7-8-14-24-20-12-5-3-10-18(20)19-11-4-6-13-21(19)24;;;;;;/h6*3-6,10-13H,7-9,14H2,1-2H3;;;;;;/q6*-1;6*+1. The molecule has 24 heteroatoms. The van der Waals surface area contributed by atoms with Gasteiger partial charge in [-0.15, -0.1) is 34.2 Å². The van der Waals surface area contributed by atoms with Crippen molar-refractivity contribution in [3.63, 3.8) is 0 Å². The normalized spacial score (nSPS) is 11.1. The quantitative estimate of drug-likeness (QED) is 0.0306. The number of benzene rings is 12. The van der Waals surface area contributed by atoms with Crippen molar-refractivity contribution < 1.29 is 102 Å². The van der Waals surface area contributed by atoms with Gasteiger partial charge in [0.15, 0.2) is 0 Å². The van der Waals surface area contributed by atoms with Crippen molar-refractivity contribution >= 4 is 131 Å². The van der Waals surface area contributed by atoms with E-state index in [-0.39, 0.29) is 102 Å². The molecule has 0 fully saturated rings. The van der Waals surface area contributed by atoms with Gasteiger partial charge < -0.3 is 88.6 Å². The molecular formula is C126H132Cu6N18. The Morgan fingerprint density at radius 3 is 0.340 bits per heavy atom. The Bertz CT molecular complexity index is 6820. The second kappa shape index (κ2) is 54.2.